The number of hydrogen-bond donors (Lipinski definition) is 1. The van der Waals surface area contributed by atoms with Gasteiger partial charge in [-0.2, -0.15) is 4.31 Å². The lowest BCUT2D eigenvalue weighted by Crippen LogP contribution is -2.35. The fourth-order valence-corrected chi connectivity index (χ4v) is 5.60. The van der Waals surface area contributed by atoms with E-state index < -0.39 is 10.0 Å². The van der Waals surface area contributed by atoms with Gasteiger partial charge in [-0.3, -0.25) is 0 Å². The van der Waals surface area contributed by atoms with E-state index in [1.165, 1.54) is 11.3 Å². The maximum atomic E-state index is 12.8. The summed E-state index contributed by atoms with van der Waals surface area (Å²) in [6, 6.07) is 1.79. The van der Waals surface area contributed by atoms with Crippen molar-refractivity contribution in [3.8, 4) is 0 Å². The highest BCUT2D eigenvalue weighted by Gasteiger charge is 2.29. The first-order chi connectivity index (χ1) is 9.95. The van der Waals surface area contributed by atoms with Gasteiger partial charge in [0.1, 0.15) is 4.21 Å². The van der Waals surface area contributed by atoms with E-state index in [2.05, 4.69) is 5.32 Å². The summed E-state index contributed by atoms with van der Waals surface area (Å²) >= 11 is 1.38. The first-order valence-corrected chi connectivity index (χ1v) is 9.62. The van der Waals surface area contributed by atoms with Gasteiger partial charge >= 0.3 is 0 Å². The molecule has 0 bridgehead atoms. The van der Waals surface area contributed by atoms with Crippen molar-refractivity contribution in [2.24, 2.45) is 0 Å². The second-order valence-electron chi connectivity index (χ2n) is 5.35. The average Bonchev–Trinajstić information content (AvgIpc) is 2.66. The van der Waals surface area contributed by atoms with Gasteiger partial charge in [-0.25, -0.2) is 8.42 Å². The average molecular weight is 332 g/mol. The number of nitrogens with zero attached hydrogens (tertiary/aromatic N) is 1. The Morgan fingerprint density at radius 3 is 3.00 bits per heavy atom. The van der Waals surface area contributed by atoms with E-state index in [0.717, 1.165) is 30.0 Å². The molecule has 1 aliphatic heterocycles. The van der Waals surface area contributed by atoms with Crippen LogP contribution in [0.4, 0.5) is 0 Å². The first kappa shape index (κ1) is 16.9. The van der Waals surface area contributed by atoms with Crippen molar-refractivity contribution in [2.75, 3.05) is 26.2 Å². The van der Waals surface area contributed by atoms with Crippen molar-refractivity contribution in [2.45, 2.75) is 44.0 Å². The predicted octanol–water partition coefficient (Wildman–Crippen LogP) is 1.97. The smallest absolute Gasteiger partial charge is 0.252 e. The second kappa shape index (κ2) is 7.19. The monoisotopic (exact) mass is 332 g/mol. The molecule has 0 amide bonds. The van der Waals surface area contributed by atoms with Gasteiger partial charge in [0.2, 0.25) is 0 Å². The van der Waals surface area contributed by atoms with Crippen LogP contribution in [0.3, 0.4) is 0 Å². The lowest BCUT2D eigenvalue weighted by atomic mass is 10.3. The zero-order valence-electron chi connectivity index (χ0n) is 12.9. The third kappa shape index (κ3) is 4.04. The van der Waals surface area contributed by atoms with E-state index in [4.69, 9.17) is 4.74 Å². The zero-order valence-corrected chi connectivity index (χ0v) is 14.5. The van der Waals surface area contributed by atoms with Gasteiger partial charge in [-0.15, -0.1) is 11.3 Å². The molecule has 1 aliphatic rings. The topological polar surface area (TPSA) is 58.6 Å². The van der Waals surface area contributed by atoms with Gasteiger partial charge in [0, 0.05) is 31.1 Å². The van der Waals surface area contributed by atoms with Gasteiger partial charge in [-0.1, -0.05) is 6.92 Å². The third-order valence-electron chi connectivity index (χ3n) is 3.54. The van der Waals surface area contributed by atoms with Crippen molar-refractivity contribution in [3.63, 3.8) is 0 Å². The third-order valence-corrected chi connectivity index (χ3v) is 7.09. The fourth-order valence-electron chi connectivity index (χ4n) is 2.33. The second-order valence-corrected chi connectivity index (χ2v) is 8.65. The standard InChI is InChI=1S/C14H24N2O3S2/c1-4-15-9-13-11(2)8-14(20-13)21(17,18)16-6-5-7-19-12(3)10-16/h8,12,15H,4-7,9-10H2,1-3H3. The van der Waals surface area contributed by atoms with Gasteiger partial charge in [-0.05, 0) is 38.4 Å². The SMILES string of the molecule is CCNCc1sc(S(=O)(=O)N2CCCOC(C)C2)cc1C. The van der Waals surface area contributed by atoms with Crippen LogP contribution in [0.15, 0.2) is 10.3 Å². The molecule has 1 atom stereocenters. The molecule has 5 nitrogen and oxygen atoms in total. The summed E-state index contributed by atoms with van der Waals surface area (Å²) in [4.78, 5) is 1.09. The van der Waals surface area contributed by atoms with Crippen molar-refractivity contribution >= 4 is 21.4 Å². The number of hydrogen-bond acceptors (Lipinski definition) is 5. The number of nitrogens with one attached hydrogen (secondary N) is 1. The van der Waals surface area contributed by atoms with Crippen LogP contribution in [0.5, 0.6) is 0 Å². The molecule has 2 heterocycles. The van der Waals surface area contributed by atoms with Gasteiger partial charge in [0.25, 0.3) is 10.0 Å². The summed E-state index contributed by atoms with van der Waals surface area (Å²) in [5.41, 5.74) is 1.04. The molecular weight excluding hydrogens is 308 g/mol. The summed E-state index contributed by atoms with van der Waals surface area (Å²) < 4.78 is 33.1. The Labute approximate surface area is 131 Å². The Morgan fingerprint density at radius 2 is 2.29 bits per heavy atom. The molecule has 1 aromatic rings. The summed E-state index contributed by atoms with van der Waals surface area (Å²) in [6.45, 7) is 9.12. The molecular formula is C14H24N2O3S2. The summed E-state index contributed by atoms with van der Waals surface area (Å²) in [5, 5.41) is 3.25. The van der Waals surface area contributed by atoms with Crippen LogP contribution in [0.1, 0.15) is 30.7 Å². The highest BCUT2D eigenvalue weighted by Crippen LogP contribution is 2.29. The first-order valence-electron chi connectivity index (χ1n) is 7.37. The van der Waals surface area contributed by atoms with E-state index in [0.29, 0.717) is 23.9 Å². The molecule has 0 spiro atoms. The number of sulfonamides is 1. The fraction of sp³-hybridized carbons (Fsp3) is 0.714. The van der Waals surface area contributed by atoms with Gasteiger partial charge in [0.05, 0.1) is 6.10 Å². The van der Waals surface area contributed by atoms with Crippen molar-refractivity contribution in [1.29, 1.82) is 0 Å². The van der Waals surface area contributed by atoms with E-state index in [-0.39, 0.29) is 6.10 Å². The largest absolute Gasteiger partial charge is 0.377 e. The molecule has 1 N–H and O–H groups in total. The highest BCUT2D eigenvalue weighted by molar-refractivity contribution is 7.91. The Hall–Kier alpha value is -0.470. The maximum absolute atomic E-state index is 12.8. The van der Waals surface area contributed by atoms with Crippen LogP contribution in [0, 0.1) is 6.92 Å². The lowest BCUT2D eigenvalue weighted by molar-refractivity contribution is 0.0752. The van der Waals surface area contributed by atoms with E-state index in [9.17, 15) is 8.42 Å². The van der Waals surface area contributed by atoms with Gasteiger partial charge in [0.15, 0.2) is 0 Å². The van der Waals surface area contributed by atoms with Crippen LogP contribution in [0.2, 0.25) is 0 Å². The maximum Gasteiger partial charge on any atom is 0.252 e. The molecule has 1 fully saturated rings. The predicted molar refractivity (Wildman–Crippen MR) is 85.2 cm³/mol. The molecule has 120 valence electrons. The van der Waals surface area contributed by atoms with Gasteiger partial charge < -0.3 is 10.1 Å². The molecule has 7 heteroatoms. The van der Waals surface area contributed by atoms with Crippen LogP contribution >= 0.6 is 11.3 Å². The van der Waals surface area contributed by atoms with Crippen molar-refractivity contribution in [1.82, 2.24) is 9.62 Å². The highest BCUT2D eigenvalue weighted by atomic mass is 32.2. The molecule has 0 radical (unpaired) electrons. The Bertz CT molecular complexity index is 569. The lowest BCUT2D eigenvalue weighted by Gasteiger charge is -2.20. The molecule has 0 saturated carbocycles. The minimum absolute atomic E-state index is 0.0513. The zero-order chi connectivity index (χ0) is 15.5. The van der Waals surface area contributed by atoms with E-state index in [1.54, 1.807) is 10.4 Å². The molecule has 21 heavy (non-hydrogen) atoms. The quantitative estimate of drug-likeness (QED) is 0.895. The normalized spacial score (nSPS) is 21.4. The molecule has 2 rings (SSSR count). The number of aryl methyl sites for hydroxylation is 1. The van der Waals surface area contributed by atoms with E-state index in [1.807, 2.05) is 20.8 Å². The van der Waals surface area contributed by atoms with Crippen LogP contribution in [0.25, 0.3) is 0 Å². The minimum atomic E-state index is -3.40. The summed E-state index contributed by atoms with van der Waals surface area (Å²) in [5.74, 6) is 0. The summed E-state index contributed by atoms with van der Waals surface area (Å²) in [7, 11) is -3.40. The minimum Gasteiger partial charge on any atom is -0.377 e. The molecule has 1 unspecified atom stereocenters. The van der Waals surface area contributed by atoms with Crippen LogP contribution < -0.4 is 5.32 Å². The number of rotatable bonds is 5. The molecule has 1 aromatic heterocycles. The van der Waals surface area contributed by atoms with Crippen molar-refractivity contribution < 1.29 is 13.2 Å². The number of thiophene rings is 1. The van der Waals surface area contributed by atoms with E-state index >= 15 is 0 Å². The van der Waals surface area contributed by atoms with Crippen LogP contribution in [-0.4, -0.2) is 45.1 Å². The Morgan fingerprint density at radius 1 is 1.52 bits per heavy atom. The summed E-state index contributed by atoms with van der Waals surface area (Å²) in [6.07, 6.45) is 0.697. The Balaban J connectivity index is 2.22. The number of ether oxygens (including phenoxy) is 1. The van der Waals surface area contributed by atoms with Crippen LogP contribution in [-0.2, 0) is 21.3 Å². The van der Waals surface area contributed by atoms with Crippen molar-refractivity contribution in [3.05, 3.63) is 16.5 Å². The molecule has 1 saturated heterocycles. The molecule has 0 aromatic carbocycles. The Kier molecular flexibility index (Phi) is 5.79. The molecule has 0 aliphatic carbocycles.